The van der Waals surface area contributed by atoms with Gasteiger partial charge in [-0.15, -0.1) is 0 Å². The van der Waals surface area contributed by atoms with E-state index in [-0.39, 0.29) is 11.4 Å². The van der Waals surface area contributed by atoms with Gasteiger partial charge in [-0.25, -0.2) is 4.79 Å². The van der Waals surface area contributed by atoms with E-state index < -0.39 is 11.2 Å². The fourth-order valence-corrected chi connectivity index (χ4v) is 1.42. The number of nitrogens with zero attached hydrogens (tertiary/aromatic N) is 1. The molecule has 0 aromatic carbocycles. The second kappa shape index (κ2) is 3.13. The highest BCUT2D eigenvalue weighted by Gasteiger charge is 2.18. The molecule has 1 aromatic rings. The zero-order valence-electron chi connectivity index (χ0n) is 7.28. The Morgan fingerprint density at radius 2 is 2.21 bits per heavy atom. The predicted octanol–water partition coefficient (Wildman–Crippen LogP) is -0.868. The standard InChI is InChI=1S/C8H8N2O4/c11-4-5-6(12)9-8(13)10-2-1-3-14-7(5)10/h4H,1-3H2,(H,9,12,13). The number of rotatable bonds is 1. The third kappa shape index (κ3) is 1.15. The molecule has 1 aromatic heterocycles. The number of fused-ring (bicyclic) bond motifs is 1. The first-order valence-corrected chi connectivity index (χ1v) is 4.19. The van der Waals surface area contributed by atoms with Crippen LogP contribution in [0.2, 0.25) is 0 Å². The molecule has 0 aliphatic carbocycles. The van der Waals surface area contributed by atoms with Gasteiger partial charge in [0.15, 0.2) is 6.29 Å². The van der Waals surface area contributed by atoms with E-state index in [0.717, 1.165) is 0 Å². The van der Waals surface area contributed by atoms with Crippen LogP contribution in [-0.4, -0.2) is 22.4 Å². The second-order valence-electron chi connectivity index (χ2n) is 2.95. The van der Waals surface area contributed by atoms with Crippen molar-refractivity contribution in [3.63, 3.8) is 0 Å². The molecule has 0 spiro atoms. The summed E-state index contributed by atoms with van der Waals surface area (Å²) in [4.78, 5) is 35.1. The van der Waals surface area contributed by atoms with Gasteiger partial charge in [-0.3, -0.25) is 19.1 Å². The van der Waals surface area contributed by atoms with E-state index in [0.29, 0.717) is 25.9 Å². The first-order valence-electron chi connectivity index (χ1n) is 4.19. The molecule has 0 fully saturated rings. The van der Waals surface area contributed by atoms with Crippen molar-refractivity contribution in [2.75, 3.05) is 6.61 Å². The molecule has 0 saturated carbocycles. The summed E-state index contributed by atoms with van der Waals surface area (Å²) in [5.41, 5.74) is -1.35. The van der Waals surface area contributed by atoms with Gasteiger partial charge in [0.25, 0.3) is 5.56 Å². The Labute approximate surface area is 78.1 Å². The molecule has 0 amide bonds. The lowest BCUT2D eigenvalue weighted by Crippen LogP contribution is -2.36. The molecule has 2 heterocycles. The summed E-state index contributed by atoms with van der Waals surface area (Å²) < 4.78 is 6.38. The Kier molecular flexibility index (Phi) is 1.95. The van der Waals surface area contributed by atoms with Gasteiger partial charge in [-0.1, -0.05) is 0 Å². The lowest BCUT2D eigenvalue weighted by Gasteiger charge is -2.18. The minimum Gasteiger partial charge on any atom is -0.478 e. The topological polar surface area (TPSA) is 81.2 Å². The predicted molar refractivity (Wildman–Crippen MR) is 46.8 cm³/mol. The van der Waals surface area contributed by atoms with Crippen molar-refractivity contribution in [2.45, 2.75) is 13.0 Å². The van der Waals surface area contributed by atoms with Gasteiger partial charge in [0, 0.05) is 6.54 Å². The van der Waals surface area contributed by atoms with Gasteiger partial charge in [0.05, 0.1) is 6.61 Å². The van der Waals surface area contributed by atoms with Crippen molar-refractivity contribution in [2.24, 2.45) is 0 Å². The summed E-state index contributed by atoms with van der Waals surface area (Å²) in [7, 11) is 0. The van der Waals surface area contributed by atoms with Crippen molar-refractivity contribution in [1.29, 1.82) is 0 Å². The van der Waals surface area contributed by atoms with E-state index in [1.165, 1.54) is 4.57 Å². The van der Waals surface area contributed by atoms with Gasteiger partial charge < -0.3 is 4.74 Å². The van der Waals surface area contributed by atoms with Gasteiger partial charge in [0.2, 0.25) is 5.88 Å². The highest BCUT2D eigenvalue weighted by molar-refractivity contribution is 5.77. The Hall–Kier alpha value is -1.85. The monoisotopic (exact) mass is 196 g/mol. The summed E-state index contributed by atoms with van der Waals surface area (Å²) in [5, 5.41) is 0. The molecule has 0 saturated heterocycles. The number of hydrogen-bond acceptors (Lipinski definition) is 4. The van der Waals surface area contributed by atoms with E-state index in [9.17, 15) is 14.4 Å². The molecule has 6 nitrogen and oxygen atoms in total. The van der Waals surface area contributed by atoms with E-state index >= 15 is 0 Å². The normalized spacial score (nSPS) is 14.3. The fourth-order valence-electron chi connectivity index (χ4n) is 1.42. The summed E-state index contributed by atoms with van der Waals surface area (Å²) in [6.45, 7) is 0.884. The van der Waals surface area contributed by atoms with Crippen LogP contribution in [0.5, 0.6) is 5.88 Å². The van der Waals surface area contributed by atoms with Crippen LogP contribution in [0, 0.1) is 0 Å². The van der Waals surface area contributed by atoms with Crippen LogP contribution in [0.1, 0.15) is 16.8 Å². The average molecular weight is 196 g/mol. The minimum atomic E-state index is -0.696. The molecule has 2 rings (SSSR count). The SMILES string of the molecule is O=Cc1c2n(c(=O)[nH]c1=O)CCCO2. The van der Waals surface area contributed by atoms with Crippen LogP contribution in [0.25, 0.3) is 0 Å². The van der Waals surface area contributed by atoms with Crippen LogP contribution >= 0.6 is 0 Å². The molecule has 0 bridgehead atoms. The number of aromatic amines is 1. The van der Waals surface area contributed by atoms with Crippen molar-refractivity contribution < 1.29 is 9.53 Å². The fraction of sp³-hybridized carbons (Fsp3) is 0.375. The average Bonchev–Trinajstić information content (AvgIpc) is 2.18. The second-order valence-corrected chi connectivity index (χ2v) is 2.95. The van der Waals surface area contributed by atoms with Crippen LogP contribution in [0.3, 0.4) is 0 Å². The zero-order chi connectivity index (χ0) is 10.1. The van der Waals surface area contributed by atoms with E-state index in [1.54, 1.807) is 0 Å². The first kappa shape index (κ1) is 8.74. The zero-order valence-corrected chi connectivity index (χ0v) is 7.28. The van der Waals surface area contributed by atoms with Crippen LogP contribution in [0.15, 0.2) is 9.59 Å². The summed E-state index contributed by atoms with van der Waals surface area (Å²) in [5.74, 6) is 0.0833. The van der Waals surface area contributed by atoms with Crippen LogP contribution in [0.4, 0.5) is 0 Å². The lowest BCUT2D eigenvalue weighted by molar-refractivity contribution is 0.111. The number of hydrogen-bond donors (Lipinski definition) is 1. The van der Waals surface area contributed by atoms with Crippen LogP contribution < -0.4 is 16.0 Å². The van der Waals surface area contributed by atoms with Crippen molar-refractivity contribution in [3.05, 3.63) is 26.4 Å². The molecular formula is C8H8N2O4. The Morgan fingerprint density at radius 3 is 2.93 bits per heavy atom. The molecule has 0 radical (unpaired) electrons. The van der Waals surface area contributed by atoms with Gasteiger partial charge in [0.1, 0.15) is 5.56 Å². The first-order chi connectivity index (χ1) is 6.74. The van der Waals surface area contributed by atoms with Gasteiger partial charge in [-0.2, -0.15) is 0 Å². The highest BCUT2D eigenvalue weighted by atomic mass is 16.5. The van der Waals surface area contributed by atoms with Gasteiger partial charge >= 0.3 is 5.69 Å². The third-order valence-electron chi connectivity index (χ3n) is 2.07. The molecule has 6 heteroatoms. The molecule has 0 unspecified atom stereocenters. The maximum Gasteiger partial charge on any atom is 0.331 e. The molecule has 14 heavy (non-hydrogen) atoms. The summed E-state index contributed by atoms with van der Waals surface area (Å²) >= 11 is 0. The highest BCUT2D eigenvalue weighted by Crippen LogP contribution is 2.15. The number of nitrogens with one attached hydrogen (secondary N) is 1. The Morgan fingerprint density at radius 1 is 1.43 bits per heavy atom. The molecule has 1 aliphatic heterocycles. The molecule has 0 atom stereocenters. The van der Waals surface area contributed by atoms with Crippen LogP contribution in [-0.2, 0) is 6.54 Å². The molecule has 1 aliphatic rings. The summed E-state index contributed by atoms with van der Waals surface area (Å²) in [6, 6.07) is 0. The summed E-state index contributed by atoms with van der Waals surface area (Å²) in [6.07, 6.45) is 1.09. The Bertz CT molecular complexity index is 485. The maximum atomic E-state index is 11.3. The van der Waals surface area contributed by atoms with Gasteiger partial charge in [-0.05, 0) is 6.42 Å². The third-order valence-corrected chi connectivity index (χ3v) is 2.07. The van der Waals surface area contributed by atoms with E-state index in [2.05, 4.69) is 4.98 Å². The lowest BCUT2D eigenvalue weighted by atomic mass is 10.3. The number of aldehydes is 1. The minimum absolute atomic E-state index is 0.0833. The number of carbonyl (C=O) groups excluding carboxylic acids is 1. The van der Waals surface area contributed by atoms with Crippen molar-refractivity contribution >= 4 is 6.29 Å². The number of ether oxygens (including phenoxy) is 1. The van der Waals surface area contributed by atoms with Crippen molar-refractivity contribution in [1.82, 2.24) is 9.55 Å². The Balaban J connectivity index is 2.80. The quantitative estimate of drug-likeness (QED) is 0.592. The molecular weight excluding hydrogens is 188 g/mol. The molecule has 74 valence electrons. The number of aromatic nitrogens is 2. The largest absolute Gasteiger partial charge is 0.478 e. The molecule has 1 N–H and O–H groups in total. The number of H-pyrrole nitrogens is 1. The smallest absolute Gasteiger partial charge is 0.331 e. The van der Waals surface area contributed by atoms with E-state index in [4.69, 9.17) is 4.74 Å². The van der Waals surface area contributed by atoms with E-state index in [1.807, 2.05) is 0 Å². The number of carbonyl (C=O) groups is 1. The van der Waals surface area contributed by atoms with Crippen molar-refractivity contribution in [3.8, 4) is 5.88 Å². The maximum absolute atomic E-state index is 11.3.